The van der Waals surface area contributed by atoms with E-state index in [1.165, 1.54) is 0 Å². The average molecular weight is 229 g/mol. The maximum absolute atomic E-state index is 5.47. The standard InChI is InChI=1S/C10H19N3OS/c1-8-5-11-3-4-12(8)7-13-6-9(2)14-10(13)15/h8-9,11H,3-7H2,1-2H3. The molecule has 0 amide bonds. The molecule has 1 N–H and O–H groups in total. The second kappa shape index (κ2) is 4.63. The lowest BCUT2D eigenvalue weighted by Gasteiger charge is -2.36. The van der Waals surface area contributed by atoms with Gasteiger partial charge in [-0.2, -0.15) is 0 Å². The Bertz CT molecular complexity index is 249. The maximum atomic E-state index is 5.47. The Labute approximate surface area is 96.6 Å². The van der Waals surface area contributed by atoms with E-state index in [9.17, 15) is 0 Å². The summed E-state index contributed by atoms with van der Waals surface area (Å²) in [6.07, 6.45) is 0.246. The minimum atomic E-state index is 0.246. The van der Waals surface area contributed by atoms with Gasteiger partial charge >= 0.3 is 0 Å². The van der Waals surface area contributed by atoms with Gasteiger partial charge in [0.25, 0.3) is 5.17 Å². The van der Waals surface area contributed by atoms with Crippen LogP contribution in [0, 0.1) is 0 Å². The molecule has 0 saturated carbocycles. The Hall–Kier alpha value is -0.390. The lowest BCUT2D eigenvalue weighted by Crippen LogP contribution is -2.53. The van der Waals surface area contributed by atoms with Gasteiger partial charge in [-0.1, -0.05) is 0 Å². The summed E-state index contributed by atoms with van der Waals surface area (Å²) in [5, 5.41) is 4.05. The molecule has 2 aliphatic heterocycles. The van der Waals surface area contributed by atoms with Crippen LogP contribution in [0.15, 0.2) is 0 Å². The number of hydrogen-bond acceptors (Lipinski definition) is 4. The van der Waals surface area contributed by atoms with Crippen LogP contribution in [0.2, 0.25) is 0 Å². The van der Waals surface area contributed by atoms with Crippen LogP contribution in [0.3, 0.4) is 0 Å². The predicted octanol–water partition coefficient (Wildman–Crippen LogP) is 0.243. The first-order valence-electron chi connectivity index (χ1n) is 5.57. The Balaban J connectivity index is 1.87. The van der Waals surface area contributed by atoms with E-state index >= 15 is 0 Å². The van der Waals surface area contributed by atoms with E-state index in [0.717, 1.165) is 32.8 Å². The third kappa shape index (κ3) is 2.59. The van der Waals surface area contributed by atoms with Crippen molar-refractivity contribution in [1.29, 1.82) is 0 Å². The zero-order chi connectivity index (χ0) is 10.8. The molecule has 15 heavy (non-hydrogen) atoms. The number of nitrogens with zero attached hydrogens (tertiary/aromatic N) is 2. The highest BCUT2D eigenvalue weighted by Crippen LogP contribution is 2.13. The maximum Gasteiger partial charge on any atom is 0.260 e. The smallest absolute Gasteiger partial charge is 0.260 e. The third-order valence-electron chi connectivity index (χ3n) is 3.03. The Morgan fingerprint density at radius 1 is 1.53 bits per heavy atom. The third-order valence-corrected chi connectivity index (χ3v) is 3.38. The summed E-state index contributed by atoms with van der Waals surface area (Å²) < 4.78 is 5.47. The van der Waals surface area contributed by atoms with E-state index in [1.54, 1.807) is 0 Å². The molecule has 0 spiro atoms. The summed E-state index contributed by atoms with van der Waals surface area (Å²) in [7, 11) is 0. The van der Waals surface area contributed by atoms with E-state index in [0.29, 0.717) is 11.2 Å². The minimum absolute atomic E-state index is 0.246. The summed E-state index contributed by atoms with van der Waals surface area (Å²) in [5.74, 6) is 0. The summed E-state index contributed by atoms with van der Waals surface area (Å²) in [4.78, 5) is 4.60. The summed E-state index contributed by atoms with van der Waals surface area (Å²) >= 11 is 5.19. The van der Waals surface area contributed by atoms with Crippen molar-refractivity contribution in [2.45, 2.75) is 26.0 Å². The van der Waals surface area contributed by atoms with Gasteiger partial charge in [-0.15, -0.1) is 0 Å². The SMILES string of the molecule is CC1CN(CN2CCNCC2C)C(=S)O1. The molecule has 0 aromatic rings. The molecule has 2 atom stereocenters. The van der Waals surface area contributed by atoms with Gasteiger partial charge in [-0.05, 0) is 26.1 Å². The molecule has 2 fully saturated rings. The van der Waals surface area contributed by atoms with Gasteiger partial charge < -0.3 is 15.0 Å². The van der Waals surface area contributed by atoms with Crippen LogP contribution in [0.25, 0.3) is 0 Å². The van der Waals surface area contributed by atoms with Gasteiger partial charge in [0.2, 0.25) is 0 Å². The van der Waals surface area contributed by atoms with Crippen molar-refractivity contribution >= 4 is 17.4 Å². The molecule has 0 aliphatic carbocycles. The number of rotatable bonds is 2. The molecule has 2 aliphatic rings. The molecule has 86 valence electrons. The number of ether oxygens (including phenoxy) is 1. The fourth-order valence-corrected chi connectivity index (χ4v) is 2.39. The van der Waals surface area contributed by atoms with Crippen molar-refractivity contribution in [3.05, 3.63) is 0 Å². The van der Waals surface area contributed by atoms with Crippen molar-refractivity contribution in [3.63, 3.8) is 0 Å². The Kier molecular flexibility index (Phi) is 3.43. The molecule has 0 aromatic heterocycles. The van der Waals surface area contributed by atoms with Crippen LogP contribution in [0.1, 0.15) is 13.8 Å². The van der Waals surface area contributed by atoms with E-state index in [1.807, 2.05) is 0 Å². The second-order valence-electron chi connectivity index (χ2n) is 4.42. The molecule has 2 saturated heterocycles. The van der Waals surface area contributed by atoms with Crippen LogP contribution >= 0.6 is 12.2 Å². The first-order valence-corrected chi connectivity index (χ1v) is 5.98. The topological polar surface area (TPSA) is 27.7 Å². The van der Waals surface area contributed by atoms with Crippen LogP contribution in [0.5, 0.6) is 0 Å². The van der Waals surface area contributed by atoms with Gasteiger partial charge in [0.1, 0.15) is 6.10 Å². The van der Waals surface area contributed by atoms with E-state index < -0.39 is 0 Å². The molecule has 2 heterocycles. The zero-order valence-corrected chi connectivity index (χ0v) is 10.2. The highest BCUT2D eigenvalue weighted by molar-refractivity contribution is 7.80. The van der Waals surface area contributed by atoms with Crippen LogP contribution < -0.4 is 5.32 Å². The largest absolute Gasteiger partial charge is 0.466 e. The average Bonchev–Trinajstić information content (AvgIpc) is 2.49. The number of piperazine rings is 1. The van der Waals surface area contributed by atoms with Crippen molar-refractivity contribution in [1.82, 2.24) is 15.1 Å². The van der Waals surface area contributed by atoms with Gasteiger partial charge in [-0.3, -0.25) is 4.90 Å². The first kappa shape index (κ1) is 11.1. The van der Waals surface area contributed by atoms with Crippen molar-refractivity contribution in [2.24, 2.45) is 0 Å². The van der Waals surface area contributed by atoms with Crippen molar-refractivity contribution < 1.29 is 4.74 Å². The molecule has 2 unspecified atom stereocenters. The van der Waals surface area contributed by atoms with E-state index in [-0.39, 0.29) is 6.10 Å². The number of nitrogens with one attached hydrogen (secondary N) is 1. The molecular weight excluding hydrogens is 210 g/mol. The van der Waals surface area contributed by atoms with Crippen LogP contribution in [-0.4, -0.2) is 60.0 Å². The van der Waals surface area contributed by atoms with E-state index in [2.05, 4.69) is 29.0 Å². The molecule has 0 radical (unpaired) electrons. The molecule has 5 heteroatoms. The van der Waals surface area contributed by atoms with Crippen LogP contribution in [0.4, 0.5) is 0 Å². The summed E-state index contributed by atoms with van der Waals surface area (Å²) in [6, 6.07) is 0.581. The normalized spacial score (nSPS) is 33.2. The quantitative estimate of drug-likeness (QED) is 0.685. The van der Waals surface area contributed by atoms with E-state index in [4.69, 9.17) is 17.0 Å². The van der Waals surface area contributed by atoms with Crippen molar-refractivity contribution in [2.75, 3.05) is 32.8 Å². The lowest BCUT2D eigenvalue weighted by atomic mass is 10.2. The van der Waals surface area contributed by atoms with Gasteiger partial charge in [0.05, 0.1) is 13.2 Å². The number of thiocarbonyl (C=S) groups is 1. The zero-order valence-electron chi connectivity index (χ0n) is 9.40. The highest BCUT2D eigenvalue weighted by atomic mass is 32.1. The second-order valence-corrected chi connectivity index (χ2v) is 4.77. The first-order chi connectivity index (χ1) is 7.16. The van der Waals surface area contributed by atoms with Gasteiger partial charge in [0, 0.05) is 25.7 Å². The summed E-state index contributed by atoms with van der Waals surface area (Å²) in [5.41, 5.74) is 0. The fourth-order valence-electron chi connectivity index (χ4n) is 2.10. The molecule has 0 bridgehead atoms. The predicted molar refractivity (Wildman–Crippen MR) is 63.8 cm³/mol. The monoisotopic (exact) mass is 229 g/mol. The molecule has 2 rings (SSSR count). The van der Waals surface area contributed by atoms with Crippen LogP contribution in [-0.2, 0) is 4.74 Å². The van der Waals surface area contributed by atoms with Gasteiger partial charge in [-0.25, -0.2) is 0 Å². The number of hydrogen-bond donors (Lipinski definition) is 1. The molecule has 4 nitrogen and oxygen atoms in total. The lowest BCUT2D eigenvalue weighted by molar-refractivity contribution is 0.123. The fraction of sp³-hybridized carbons (Fsp3) is 0.900. The Morgan fingerprint density at radius 3 is 2.93 bits per heavy atom. The minimum Gasteiger partial charge on any atom is -0.466 e. The van der Waals surface area contributed by atoms with Crippen molar-refractivity contribution in [3.8, 4) is 0 Å². The molecule has 0 aromatic carbocycles. The van der Waals surface area contributed by atoms with Gasteiger partial charge in [0.15, 0.2) is 0 Å². The highest BCUT2D eigenvalue weighted by Gasteiger charge is 2.28. The Morgan fingerprint density at radius 2 is 2.33 bits per heavy atom. The summed E-state index contributed by atoms with van der Waals surface area (Å²) in [6.45, 7) is 9.37. The molecular formula is C10H19N3OS.